The molecule has 0 saturated carbocycles. The van der Waals surface area contributed by atoms with Gasteiger partial charge in [0.05, 0.1) is 0 Å². The van der Waals surface area contributed by atoms with E-state index in [1.54, 1.807) is 9.45 Å². The number of hydrogen-bond donors (Lipinski definition) is 0. The van der Waals surface area contributed by atoms with Gasteiger partial charge in [0.15, 0.2) is 0 Å². The van der Waals surface area contributed by atoms with Crippen LogP contribution in [0, 0.1) is 5.41 Å². The van der Waals surface area contributed by atoms with Gasteiger partial charge in [-0.3, -0.25) is 0 Å². The van der Waals surface area contributed by atoms with Crippen LogP contribution in [0.15, 0.2) is 81.3 Å². The zero-order chi connectivity index (χ0) is 18.0. The summed E-state index contributed by atoms with van der Waals surface area (Å²) in [5, 5.41) is 2.98. The molecule has 0 radical (unpaired) electrons. The van der Waals surface area contributed by atoms with E-state index in [2.05, 4.69) is 109 Å². The molecular formula is C23H26Cl2PTi. The van der Waals surface area contributed by atoms with Crippen molar-refractivity contribution < 1.29 is 45.2 Å². The zero-order valence-electron chi connectivity index (χ0n) is 16.4. The van der Waals surface area contributed by atoms with Crippen molar-refractivity contribution >= 4 is 18.5 Å². The van der Waals surface area contributed by atoms with Crippen LogP contribution in [0.5, 0.6) is 0 Å². The smallest absolute Gasteiger partial charge is 1.00 e. The summed E-state index contributed by atoms with van der Waals surface area (Å²) in [6, 6.07) is 22.2. The maximum absolute atomic E-state index is 2.45. The SMILES string of the molecule is CC1=C(C)C(C)(CCP(c2ccccc2)c2ccccc2)[C]([Ti+2])=C1C.[Cl-].[Cl-]. The Hall–Kier alpha value is -0.356. The second-order valence-electron chi connectivity index (χ2n) is 7.15. The van der Waals surface area contributed by atoms with Gasteiger partial charge in [-0.05, 0) is 0 Å². The summed E-state index contributed by atoms with van der Waals surface area (Å²) in [5.74, 6) is 0. The summed E-state index contributed by atoms with van der Waals surface area (Å²) in [4.78, 5) is 0. The van der Waals surface area contributed by atoms with Crippen LogP contribution in [0.1, 0.15) is 34.1 Å². The van der Waals surface area contributed by atoms with Crippen LogP contribution in [0.25, 0.3) is 0 Å². The molecule has 2 aromatic carbocycles. The Morgan fingerprint density at radius 3 is 1.59 bits per heavy atom. The van der Waals surface area contributed by atoms with Crippen molar-refractivity contribution in [2.24, 2.45) is 5.41 Å². The molecule has 0 aromatic heterocycles. The average molecular weight is 452 g/mol. The van der Waals surface area contributed by atoms with Crippen molar-refractivity contribution in [2.75, 3.05) is 6.16 Å². The molecule has 141 valence electrons. The summed E-state index contributed by atoms with van der Waals surface area (Å²) in [7, 11) is -0.311. The van der Waals surface area contributed by atoms with Crippen LogP contribution in [0.4, 0.5) is 0 Å². The first-order valence-electron chi connectivity index (χ1n) is 8.94. The predicted octanol–water partition coefficient (Wildman–Crippen LogP) is -0.305. The van der Waals surface area contributed by atoms with Gasteiger partial charge in [0.1, 0.15) is 0 Å². The van der Waals surface area contributed by atoms with Crippen LogP contribution >= 0.6 is 7.92 Å². The first-order chi connectivity index (χ1) is 11.9. The Labute approximate surface area is 189 Å². The van der Waals surface area contributed by atoms with Crippen LogP contribution in [-0.4, -0.2) is 6.16 Å². The summed E-state index contributed by atoms with van der Waals surface area (Å²) < 4.78 is 1.57. The van der Waals surface area contributed by atoms with Gasteiger partial charge in [-0.15, -0.1) is 0 Å². The van der Waals surface area contributed by atoms with Gasteiger partial charge >= 0.3 is 166 Å². The molecule has 2 aromatic rings. The molecule has 27 heavy (non-hydrogen) atoms. The molecule has 0 saturated heterocycles. The van der Waals surface area contributed by atoms with Crippen LogP contribution in [0.2, 0.25) is 0 Å². The fourth-order valence-corrected chi connectivity index (χ4v) is 7.09. The zero-order valence-corrected chi connectivity index (χ0v) is 20.4. The van der Waals surface area contributed by atoms with E-state index in [4.69, 9.17) is 0 Å². The number of halogens is 2. The third-order valence-electron chi connectivity index (χ3n) is 5.85. The minimum absolute atomic E-state index is 0. The molecule has 0 spiro atoms. The average Bonchev–Trinajstić information content (AvgIpc) is 2.80. The van der Waals surface area contributed by atoms with Gasteiger partial charge < -0.3 is 24.8 Å². The summed E-state index contributed by atoms with van der Waals surface area (Å²) in [6.45, 7) is 9.36. The summed E-state index contributed by atoms with van der Waals surface area (Å²) >= 11 is 2.34. The monoisotopic (exact) mass is 451 g/mol. The Morgan fingerprint density at radius 2 is 1.22 bits per heavy atom. The van der Waals surface area contributed by atoms with Gasteiger partial charge in [-0.1, -0.05) is 0 Å². The molecule has 1 unspecified atom stereocenters. The largest absolute Gasteiger partial charge is 1.00 e. The van der Waals surface area contributed by atoms with Gasteiger partial charge in [-0.25, -0.2) is 0 Å². The Morgan fingerprint density at radius 1 is 0.778 bits per heavy atom. The minimum Gasteiger partial charge on any atom is -1.00 e. The maximum atomic E-state index is 2.45. The molecule has 0 bridgehead atoms. The molecule has 0 fully saturated rings. The number of rotatable bonds is 5. The van der Waals surface area contributed by atoms with Crippen LogP contribution in [0.3, 0.4) is 0 Å². The standard InChI is InChI=1S/C23H26P.2ClH.Ti/c1-18-17-23(4,20(3)19(18)2)15-16-24(21-11-7-5-8-12-21)22-13-9-6-10-14-22;;;/h5-14H,15-16H2,1-4H3;2*1H;/q;;;+2/p-2. The predicted molar refractivity (Wildman–Crippen MR) is 108 cm³/mol. The van der Waals surface area contributed by atoms with Crippen molar-refractivity contribution in [3.05, 3.63) is 81.3 Å². The molecule has 4 heteroatoms. The van der Waals surface area contributed by atoms with Gasteiger partial charge in [-0.2, -0.15) is 0 Å². The Bertz CT molecular complexity index is 749. The molecule has 0 heterocycles. The molecule has 0 aliphatic heterocycles. The van der Waals surface area contributed by atoms with E-state index in [-0.39, 0.29) is 38.2 Å². The van der Waals surface area contributed by atoms with Crippen molar-refractivity contribution in [3.63, 3.8) is 0 Å². The van der Waals surface area contributed by atoms with Gasteiger partial charge in [0.25, 0.3) is 0 Å². The molecule has 1 atom stereocenters. The molecule has 0 N–H and O–H groups in total. The summed E-state index contributed by atoms with van der Waals surface area (Å²) in [6.07, 6.45) is 2.45. The fourth-order valence-electron chi connectivity index (χ4n) is 3.75. The van der Waals surface area contributed by atoms with Crippen molar-refractivity contribution in [1.29, 1.82) is 0 Å². The van der Waals surface area contributed by atoms with Gasteiger partial charge in [0, 0.05) is 0 Å². The third-order valence-corrected chi connectivity index (χ3v) is 9.81. The second kappa shape index (κ2) is 10.4. The van der Waals surface area contributed by atoms with Crippen molar-refractivity contribution in [3.8, 4) is 0 Å². The number of allylic oxidation sites excluding steroid dienone is 4. The van der Waals surface area contributed by atoms with Gasteiger partial charge in [0.2, 0.25) is 0 Å². The second-order valence-corrected chi connectivity index (χ2v) is 10.3. The first kappa shape index (κ1) is 24.7. The Balaban J connectivity index is 0.00000182. The molecule has 0 nitrogen and oxygen atoms in total. The van der Waals surface area contributed by atoms with Crippen molar-refractivity contribution in [1.82, 2.24) is 0 Å². The van der Waals surface area contributed by atoms with Crippen LogP contribution in [-0.2, 0) is 20.4 Å². The molecular weight excluding hydrogens is 426 g/mol. The van der Waals surface area contributed by atoms with E-state index in [9.17, 15) is 0 Å². The molecule has 1 aliphatic rings. The van der Waals surface area contributed by atoms with E-state index in [1.807, 2.05) is 0 Å². The Kier molecular flexibility index (Phi) is 9.53. The molecule has 1 aliphatic carbocycles. The molecule has 0 amide bonds. The number of benzene rings is 2. The normalized spacial score (nSPS) is 19.2. The maximum Gasteiger partial charge on any atom is -1.00 e. The fraction of sp³-hybridized carbons (Fsp3) is 0.304. The van der Waals surface area contributed by atoms with E-state index in [0.717, 1.165) is 0 Å². The topological polar surface area (TPSA) is 0 Å². The first-order valence-corrected chi connectivity index (χ1v) is 11.2. The van der Waals surface area contributed by atoms with E-state index in [0.29, 0.717) is 0 Å². The van der Waals surface area contributed by atoms with E-state index in [1.165, 1.54) is 34.3 Å². The molecule has 3 rings (SSSR count). The quantitative estimate of drug-likeness (QED) is 0.432. The van der Waals surface area contributed by atoms with Crippen LogP contribution < -0.4 is 35.4 Å². The van der Waals surface area contributed by atoms with E-state index >= 15 is 0 Å². The van der Waals surface area contributed by atoms with Crippen molar-refractivity contribution in [2.45, 2.75) is 34.1 Å². The summed E-state index contributed by atoms with van der Waals surface area (Å²) in [5.41, 5.74) is 4.80. The third kappa shape index (κ3) is 4.98. The number of hydrogen-bond acceptors (Lipinski definition) is 0. The minimum atomic E-state index is -0.311. The van der Waals surface area contributed by atoms with E-state index < -0.39 is 0 Å².